The molecule has 1 atom stereocenters. The van der Waals surface area contributed by atoms with Crippen LogP contribution >= 0.6 is 31.9 Å². The fraction of sp³-hybridized carbons (Fsp3) is 0.500. The molecule has 0 saturated heterocycles. The van der Waals surface area contributed by atoms with Crippen LogP contribution in [0.2, 0.25) is 0 Å². The summed E-state index contributed by atoms with van der Waals surface area (Å²) in [6, 6.07) is 0. The molecule has 0 saturated carbocycles. The molecule has 3 heteroatoms. The minimum atomic E-state index is 0.559. The van der Waals surface area contributed by atoms with Crippen LogP contribution in [-0.2, 0) is 0 Å². The number of halogens is 2. The fourth-order valence-corrected chi connectivity index (χ4v) is 2.32. The van der Waals surface area contributed by atoms with E-state index in [9.17, 15) is 0 Å². The first-order valence-corrected chi connectivity index (χ1v) is 5.79. The standard InChI is InChI=1S/C4H6Br2Se/c1-2-7-4(6)3-5/h2,4H,1,3H2. The van der Waals surface area contributed by atoms with Crippen molar-refractivity contribution in [1.29, 1.82) is 0 Å². The van der Waals surface area contributed by atoms with Crippen LogP contribution in [-0.4, -0.2) is 24.0 Å². The molecule has 1 unspecified atom stereocenters. The van der Waals surface area contributed by atoms with Gasteiger partial charge in [0.05, 0.1) is 0 Å². The van der Waals surface area contributed by atoms with Crippen molar-refractivity contribution < 1.29 is 0 Å². The SMILES string of the molecule is C=C[Se]C(Br)CBr. The second-order valence-corrected chi connectivity index (χ2v) is 6.45. The van der Waals surface area contributed by atoms with E-state index in [0.717, 1.165) is 5.33 Å². The predicted molar refractivity (Wildman–Crippen MR) is 42.5 cm³/mol. The Balaban J connectivity index is 2.98. The Morgan fingerprint density at radius 2 is 2.43 bits per heavy atom. The summed E-state index contributed by atoms with van der Waals surface area (Å²) in [5.41, 5.74) is 0. The number of hydrogen-bond acceptors (Lipinski definition) is 0. The second kappa shape index (κ2) is 5.36. The zero-order valence-corrected chi connectivity index (χ0v) is 8.62. The average molecular weight is 293 g/mol. The molecular weight excluding hydrogens is 287 g/mol. The molecule has 0 nitrogen and oxygen atoms in total. The molecule has 0 radical (unpaired) electrons. The molecule has 0 rings (SSSR count). The summed E-state index contributed by atoms with van der Waals surface area (Å²) in [6.07, 6.45) is 0. The van der Waals surface area contributed by atoms with Gasteiger partial charge in [0, 0.05) is 0 Å². The van der Waals surface area contributed by atoms with E-state index in [2.05, 4.69) is 38.4 Å². The van der Waals surface area contributed by atoms with E-state index in [1.54, 1.807) is 0 Å². The van der Waals surface area contributed by atoms with Gasteiger partial charge in [-0.05, 0) is 0 Å². The van der Waals surface area contributed by atoms with Gasteiger partial charge in [0.1, 0.15) is 0 Å². The van der Waals surface area contributed by atoms with Crippen molar-refractivity contribution >= 4 is 46.8 Å². The molecule has 0 aliphatic rings. The molecule has 0 amide bonds. The van der Waals surface area contributed by atoms with Gasteiger partial charge in [-0.2, -0.15) is 0 Å². The summed E-state index contributed by atoms with van der Waals surface area (Å²) in [7, 11) is 0. The Bertz CT molecular complexity index is 55.7. The first-order valence-electron chi connectivity index (χ1n) is 1.77. The Hall–Kier alpha value is 1.22. The van der Waals surface area contributed by atoms with Crippen LogP contribution < -0.4 is 0 Å². The van der Waals surface area contributed by atoms with Crippen molar-refractivity contribution in [1.82, 2.24) is 0 Å². The minimum absolute atomic E-state index is 0.559. The van der Waals surface area contributed by atoms with Crippen LogP contribution in [0.5, 0.6) is 0 Å². The van der Waals surface area contributed by atoms with Gasteiger partial charge in [0.15, 0.2) is 0 Å². The Labute approximate surface area is 67.2 Å². The zero-order chi connectivity index (χ0) is 5.70. The molecule has 0 aromatic rings. The number of rotatable bonds is 3. The monoisotopic (exact) mass is 292 g/mol. The summed E-state index contributed by atoms with van der Waals surface area (Å²) >= 11 is 7.34. The van der Waals surface area contributed by atoms with Crippen molar-refractivity contribution in [2.24, 2.45) is 0 Å². The molecule has 0 aromatic heterocycles. The van der Waals surface area contributed by atoms with Crippen molar-refractivity contribution in [2.75, 3.05) is 5.33 Å². The fourth-order valence-electron chi connectivity index (χ4n) is 0.141. The van der Waals surface area contributed by atoms with Crippen molar-refractivity contribution in [3.63, 3.8) is 0 Å². The van der Waals surface area contributed by atoms with Gasteiger partial charge in [-0.1, -0.05) is 0 Å². The van der Waals surface area contributed by atoms with Gasteiger partial charge >= 0.3 is 67.4 Å². The first-order chi connectivity index (χ1) is 3.31. The molecule has 0 spiro atoms. The molecule has 0 fully saturated rings. The first kappa shape index (κ1) is 8.22. The van der Waals surface area contributed by atoms with Crippen molar-refractivity contribution in [2.45, 2.75) is 3.73 Å². The normalized spacial score (nSPS) is 13.4. The van der Waals surface area contributed by atoms with Crippen LogP contribution in [0.1, 0.15) is 0 Å². The molecule has 0 heterocycles. The molecule has 7 heavy (non-hydrogen) atoms. The van der Waals surface area contributed by atoms with Crippen LogP contribution in [0.25, 0.3) is 0 Å². The molecule has 0 N–H and O–H groups in total. The molecule has 42 valence electrons. The predicted octanol–water partition coefficient (Wildman–Crippen LogP) is 1.95. The van der Waals surface area contributed by atoms with E-state index >= 15 is 0 Å². The average Bonchev–Trinajstić information content (AvgIpc) is 1.68. The van der Waals surface area contributed by atoms with Crippen LogP contribution in [0.3, 0.4) is 0 Å². The van der Waals surface area contributed by atoms with E-state index in [1.807, 2.05) is 4.97 Å². The van der Waals surface area contributed by atoms with Crippen LogP contribution in [0.15, 0.2) is 11.6 Å². The van der Waals surface area contributed by atoms with E-state index in [1.165, 1.54) is 0 Å². The number of hydrogen-bond donors (Lipinski definition) is 0. The van der Waals surface area contributed by atoms with Crippen LogP contribution in [0.4, 0.5) is 0 Å². The maximum absolute atomic E-state index is 3.63. The second-order valence-electron chi connectivity index (χ2n) is 0.867. The Kier molecular flexibility index (Phi) is 6.29. The van der Waals surface area contributed by atoms with E-state index < -0.39 is 0 Å². The van der Waals surface area contributed by atoms with E-state index in [4.69, 9.17) is 0 Å². The Morgan fingerprint density at radius 3 is 2.57 bits per heavy atom. The van der Waals surface area contributed by atoms with Gasteiger partial charge in [-0.15, -0.1) is 0 Å². The summed E-state index contributed by atoms with van der Waals surface area (Å²) in [6.45, 7) is 3.63. The maximum atomic E-state index is 3.63. The van der Waals surface area contributed by atoms with Gasteiger partial charge in [-0.25, -0.2) is 0 Å². The van der Waals surface area contributed by atoms with E-state index in [-0.39, 0.29) is 0 Å². The quantitative estimate of drug-likeness (QED) is 0.551. The topological polar surface area (TPSA) is 0 Å². The van der Waals surface area contributed by atoms with Crippen LogP contribution in [0, 0.1) is 0 Å². The van der Waals surface area contributed by atoms with Crippen molar-refractivity contribution in [3.05, 3.63) is 11.6 Å². The molecule has 0 bridgehead atoms. The van der Waals surface area contributed by atoms with E-state index in [0.29, 0.717) is 18.7 Å². The number of alkyl halides is 2. The van der Waals surface area contributed by atoms with Gasteiger partial charge in [0.25, 0.3) is 0 Å². The molecule has 0 aromatic carbocycles. The van der Waals surface area contributed by atoms with Gasteiger partial charge < -0.3 is 0 Å². The third kappa shape index (κ3) is 5.08. The summed E-state index contributed by atoms with van der Waals surface area (Å²) in [5, 5.41) is 1.03. The summed E-state index contributed by atoms with van der Waals surface area (Å²) in [5.74, 6) is 0. The van der Waals surface area contributed by atoms with Crippen molar-refractivity contribution in [3.8, 4) is 0 Å². The molecular formula is C4H6Br2Se. The molecule has 0 aliphatic heterocycles. The third-order valence-electron chi connectivity index (χ3n) is 0.365. The van der Waals surface area contributed by atoms with Gasteiger partial charge in [0.2, 0.25) is 0 Å². The third-order valence-corrected chi connectivity index (χ3v) is 5.66. The van der Waals surface area contributed by atoms with Gasteiger partial charge in [-0.3, -0.25) is 0 Å². The summed E-state index contributed by atoms with van der Waals surface area (Å²) < 4.78 is 0.623. The Morgan fingerprint density at radius 1 is 1.86 bits per heavy atom. The molecule has 0 aliphatic carbocycles. The summed E-state index contributed by atoms with van der Waals surface area (Å²) in [4.78, 5) is 1.97. The zero-order valence-electron chi connectivity index (χ0n) is 3.73.